The minimum atomic E-state index is 0.927. The van der Waals surface area contributed by atoms with Gasteiger partial charge in [0.05, 0.1) is 7.11 Å². The SMILES string of the molecule is CCCN(CCC)Cc1cc(OC)ccc1Br. The molecule has 3 heteroatoms. The standard InChI is InChI=1S/C14H22BrNO/c1-4-8-16(9-5-2)11-12-10-13(17-3)6-7-14(12)15/h6-7,10H,4-5,8-9,11H2,1-3H3. The van der Waals surface area contributed by atoms with Crippen LogP contribution in [0.15, 0.2) is 22.7 Å². The maximum absolute atomic E-state index is 5.27. The van der Waals surface area contributed by atoms with E-state index in [2.05, 4.69) is 46.8 Å². The first kappa shape index (κ1) is 14.5. The number of ether oxygens (including phenoxy) is 1. The lowest BCUT2D eigenvalue weighted by atomic mass is 10.2. The maximum atomic E-state index is 5.27. The van der Waals surface area contributed by atoms with Crippen LogP contribution in [-0.2, 0) is 6.54 Å². The molecule has 0 spiro atoms. The summed E-state index contributed by atoms with van der Waals surface area (Å²) in [5, 5.41) is 0. The Labute approximate surface area is 113 Å². The number of nitrogens with zero attached hydrogens (tertiary/aromatic N) is 1. The normalized spacial score (nSPS) is 10.9. The van der Waals surface area contributed by atoms with Crippen LogP contribution in [0.3, 0.4) is 0 Å². The number of hydrogen-bond acceptors (Lipinski definition) is 2. The van der Waals surface area contributed by atoms with Crippen molar-refractivity contribution in [2.24, 2.45) is 0 Å². The van der Waals surface area contributed by atoms with E-state index >= 15 is 0 Å². The fourth-order valence-corrected chi connectivity index (χ4v) is 2.31. The highest BCUT2D eigenvalue weighted by Gasteiger charge is 2.08. The van der Waals surface area contributed by atoms with Gasteiger partial charge in [-0.3, -0.25) is 4.90 Å². The van der Waals surface area contributed by atoms with Crippen molar-refractivity contribution in [2.45, 2.75) is 33.2 Å². The van der Waals surface area contributed by atoms with Gasteiger partial charge in [-0.2, -0.15) is 0 Å². The van der Waals surface area contributed by atoms with E-state index in [0.717, 1.165) is 29.9 Å². The number of hydrogen-bond donors (Lipinski definition) is 0. The van der Waals surface area contributed by atoms with Gasteiger partial charge in [0, 0.05) is 11.0 Å². The van der Waals surface area contributed by atoms with Crippen molar-refractivity contribution in [2.75, 3.05) is 20.2 Å². The zero-order valence-corrected chi connectivity index (χ0v) is 12.6. The lowest BCUT2D eigenvalue weighted by Gasteiger charge is -2.21. The van der Waals surface area contributed by atoms with Crippen LogP contribution < -0.4 is 4.74 Å². The molecule has 17 heavy (non-hydrogen) atoms. The smallest absolute Gasteiger partial charge is 0.119 e. The van der Waals surface area contributed by atoms with Gasteiger partial charge in [0.1, 0.15) is 5.75 Å². The second kappa shape index (κ2) is 7.72. The Morgan fingerprint density at radius 2 is 1.82 bits per heavy atom. The first-order valence-corrected chi connectivity index (χ1v) is 7.05. The molecule has 0 bridgehead atoms. The van der Waals surface area contributed by atoms with Gasteiger partial charge >= 0.3 is 0 Å². The fraction of sp³-hybridized carbons (Fsp3) is 0.571. The van der Waals surface area contributed by atoms with Gasteiger partial charge in [-0.1, -0.05) is 29.8 Å². The minimum Gasteiger partial charge on any atom is -0.497 e. The topological polar surface area (TPSA) is 12.5 Å². The highest BCUT2D eigenvalue weighted by atomic mass is 79.9. The summed E-state index contributed by atoms with van der Waals surface area (Å²) in [4.78, 5) is 2.49. The van der Waals surface area contributed by atoms with Crippen LogP contribution in [0.2, 0.25) is 0 Å². The van der Waals surface area contributed by atoms with Crippen LogP contribution in [0.1, 0.15) is 32.3 Å². The van der Waals surface area contributed by atoms with Gasteiger partial charge in [0.2, 0.25) is 0 Å². The largest absolute Gasteiger partial charge is 0.497 e. The molecule has 0 heterocycles. The number of benzene rings is 1. The molecule has 0 amide bonds. The second-order valence-electron chi connectivity index (χ2n) is 4.23. The molecule has 0 aromatic heterocycles. The van der Waals surface area contributed by atoms with Crippen molar-refractivity contribution in [3.63, 3.8) is 0 Å². The Balaban J connectivity index is 2.76. The molecule has 0 fully saturated rings. The summed E-state index contributed by atoms with van der Waals surface area (Å²) in [5.74, 6) is 0.927. The predicted octanol–water partition coefficient (Wildman–Crippen LogP) is 4.08. The number of rotatable bonds is 7. The highest BCUT2D eigenvalue weighted by molar-refractivity contribution is 9.10. The van der Waals surface area contributed by atoms with E-state index in [4.69, 9.17) is 4.74 Å². The maximum Gasteiger partial charge on any atom is 0.119 e. The van der Waals surface area contributed by atoms with Crippen molar-refractivity contribution in [1.29, 1.82) is 0 Å². The molecule has 0 aliphatic rings. The summed E-state index contributed by atoms with van der Waals surface area (Å²) >= 11 is 3.61. The predicted molar refractivity (Wildman–Crippen MR) is 76.6 cm³/mol. The third kappa shape index (κ3) is 4.68. The van der Waals surface area contributed by atoms with Crippen molar-refractivity contribution in [1.82, 2.24) is 4.90 Å². The number of halogens is 1. The van der Waals surface area contributed by atoms with Gasteiger partial charge in [0.25, 0.3) is 0 Å². The summed E-state index contributed by atoms with van der Waals surface area (Å²) in [7, 11) is 1.71. The monoisotopic (exact) mass is 299 g/mol. The molecule has 2 nitrogen and oxygen atoms in total. The van der Waals surface area contributed by atoms with E-state index in [9.17, 15) is 0 Å². The van der Waals surface area contributed by atoms with E-state index in [0.29, 0.717) is 0 Å². The number of methoxy groups -OCH3 is 1. The van der Waals surface area contributed by atoms with Crippen LogP contribution in [0.4, 0.5) is 0 Å². The van der Waals surface area contributed by atoms with Crippen LogP contribution in [0.5, 0.6) is 5.75 Å². The zero-order valence-electron chi connectivity index (χ0n) is 11.0. The molecule has 0 saturated carbocycles. The van der Waals surface area contributed by atoms with Crippen LogP contribution in [0, 0.1) is 0 Å². The molecule has 0 atom stereocenters. The summed E-state index contributed by atoms with van der Waals surface area (Å²) in [5.41, 5.74) is 1.30. The third-order valence-electron chi connectivity index (χ3n) is 2.73. The van der Waals surface area contributed by atoms with Crippen molar-refractivity contribution < 1.29 is 4.74 Å². The van der Waals surface area contributed by atoms with Gasteiger partial charge in [-0.05, 0) is 49.7 Å². The van der Waals surface area contributed by atoms with Gasteiger partial charge in [-0.25, -0.2) is 0 Å². The molecule has 0 aliphatic carbocycles. The lowest BCUT2D eigenvalue weighted by Crippen LogP contribution is -2.25. The van der Waals surface area contributed by atoms with E-state index in [1.807, 2.05) is 6.07 Å². The quantitative estimate of drug-likeness (QED) is 0.752. The second-order valence-corrected chi connectivity index (χ2v) is 5.09. The average molecular weight is 300 g/mol. The molecule has 0 unspecified atom stereocenters. The van der Waals surface area contributed by atoms with Crippen molar-refractivity contribution in [3.05, 3.63) is 28.2 Å². The zero-order chi connectivity index (χ0) is 12.7. The molecule has 1 aromatic carbocycles. The molecule has 0 radical (unpaired) electrons. The Morgan fingerprint density at radius 3 is 2.35 bits per heavy atom. The molecule has 1 aromatic rings. The fourth-order valence-electron chi connectivity index (χ4n) is 1.94. The van der Waals surface area contributed by atoms with Crippen LogP contribution in [-0.4, -0.2) is 25.1 Å². The lowest BCUT2D eigenvalue weighted by molar-refractivity contribution is 0.265. The Morgan fingerprint density at radius 1 is 1.18 bits per heavy atom. The highest BCUT2D eigenvalue weighted by Crippen LogP contribution is 2.23. The van der Waals surface area contributed by atoms with Crippen LogP contribution >= 0.6 is 15.9 Å². The van der Waals surface area contributed by atoms with Gasteiger partial charge in [-0.15, -0.1) is 0 Å². The minimum absolute atomic E-state index is 0.927. The van der Waals surface area contributed by atoms with E-state index in [1.165, 1.54) is 18.4 Å². The van der Waals surface area contributed by atoms with Crippen LogP contribution in [0.25, 0.3) is 0 Å². The Bertz CT molecular complexity index is 335. The summed E-state index contributed by atoms with van der Waals surface area (Å²) in [6, 6.07) is 6.16. The van der Waals surface area contributed by atoms with Crippen molar-refractivity contribution in [3.8, 4) is 5.75 Å². The van der Waals surface area contributed by atoms with E-state index in [1.54, 1.807) is 7.11 Å². The third-order valence-corrected chi connectivity index (χ3v) is 3.50. The van der Waals surface area contributed by atoms with Gasteiger partial charge in [0.15, 0.2) is 0 Å². The molecule has 0 aliphatic heterocycles. The molecule has 96 valence electrons. The average Bonchev–Trinajstić information content (AvgIpc) is 2.32. The molecular formula is C14H22BrNO. The first-order valence-electron chi connectivity index (χ1n) is 6.26. The van der Waals surface area contributed by atoms with E-state index < -0.39 is 0 Å². The molecule has 0 N–H and O–H groups in total. The molecular weight excluding hydrogens is 278 g/mol. The van der Waals surface area contributed by atoms with Gasteiger partial charge < -0.3 is 4.74 Å². The van der Waals surface area contributed by atoms with Crippen molar-refractivity contribution >= 4 is 15.9 Å². The summed E-state index contributed by atoms with van der Waals surface area (Å²) in [6.45, 7) is 7.74. The van der Waals surface area contributed by atoms with E-state index in [-0.39, 0.29) is 0 Å². The molecule has 0 saturated heterocycles. The first-order chi connectivity index (χ1) is 8.21. The Hall–Kier alpha value is -0.540. The Kier molecular flexibility index (Phi) is 6.60. The molecule has 1 rings (SSSR count). The summed E-state index contributed by atoms with van der Waals surface area (Å²) in [6.07, 6.45) is 2.39. The summed E-state index contributed by atoms with van der Waals surface area (Å²) < 4.78 is 6.43.